The Hall–Kier alpha value is -2.71. The topological polar surface area (TPSA) is 65.3 Å². The Balaban J connectivity index is 1.30. The molecular weight excluding hydrogens is 396 g/mol. The standard InChI is InChI=1S/C28H32N2O2/c1-28(2,16-20-10-11-22-7-3-4-8-24(22)14-20)30-18-26(31)19-32-27(23-12-13-23)25-9-5-6-21(15-25)17-29/h3-11,14-15,23,26-27,30-31H,12-13,16,18-19H2,1-2H3/t26-,27?/m1/s1. The fourth-order valence-corrected chi connectivity index (χ4v) is 4.28. The molecule has 4 nitrogen and oxygen atoms in total. The molecule has 1 aliphatic rings. The monoisotopic (exact) mass is 428 g/mol. The SMILES string of the molecule is CC(C)(Cc1ccc2ccccc2c1)NC[C@@H](O)COC(c1cccc(C#N)c1)C1CC1. The van der Waals surface area contributed by atoms with Gasteiger partial charge in [-0.25, -0.2) is 0 Å². The summed E-state index contributed by atoms with van der Waals surface area (Å²) in [6.07, 6.45) is 2.50. The molecule has 0 radical (unpaired) electrons. The number of β-amino-alcohol motifs (C(OH)–C–C–N with tert-alkyl or cyclic N) is 1. The van der Waals surface area contributed by atoms with Crippen LogP contribution in [-0.4, -0.2) is 29.9 Å². The lowest BCUT2D eigenvalue weighted by Crippen LogP contribution is -2.46. The number of fused-ring (bicyclic) bond motifs is 1. The van der Waals surface area contributed by atoms with Crippen LogP contribution < -0.4 is 5.32 Å². The van der Waals surface area contributed by atoms with Gasteiger partial charge in [0, 0.05) is 12.1 Å². The highest BCUT2D eigenvalue weighted by atomic mass is 16.5. The summed E-state index contributed by atoms with van der Waals surface area (Å²) in [6.45, 7) is 5.07. The second-order valence-electron chi connectivity index (χ2n) is 9.61. The van der Waals surface area contributed by atoms with Crippen LogP contribution in [0.3, 0.4) is 0 Å². The molecular formula is C28H32N2O2. The number of ether oxygens (including phenoxy) is 1. The van der Waals surface area contributed by atoms with E-state index in [1.54, 1.807) is 0 Å². The van der Waals surface area contributed by atoms with Crippen LogP contribution in [0.1, 0.15) is 49.5 Å². The number of nitrogens with zero attached hydrogens (tertiary/aromatic N) is 1. The highest BCUT2D eigenvalue weighted by Crippen LogP contribution is 2.43. The third-order valence-corrected chi connectivity index (χ3v) is 6.14. The molecule has 32 heavy (non-hydrogen) atoms. The van der Waals surface area contributed by atoms with E-state index in [4.69, 9.17) is 4.74 Å². The Kier molecular flexibility index (Phi) is 6.91. The van der Waals surface area contributed by atoms with E-state index in [0.29, 0.717) is 18.0 Å². The predicted octanol–water partition coefficient (Wildman–Crippen LogP) is 5.15. The zero-order valence-corrected chi connectivity index (χ0v) is 18.9. The number of benzene rings is 3. The van der Waals surface area contributed by atoms with Crippen molar-refractivity contribution in [3.8, 4) is 6.07 Å². The van der Waals surface area contributed by atoms with E-state index in [9.17, 15) is 10.4 Å². The first-order valence-electron chi connectivity index (χ1n) is 11.5. The molecule has 1 saturated carbocycles. The zero-order valence-electron chi connectivity index (χ0n) is 18.9. The minimum Gasteiger partial charge on any atom is -0.389 e. The lowest BCUT2D eigenvalue weighted by molar-refractivity contribution is -0.0211. The van der Waals surface area contributed by atoms with Crippen molar-refractivity contribution in [2.75, 3.05) is 13.2 Å². The van der Waals surface area contributed by atoms with Crippen LogP contribution >= 0.6 is 0 Å². The van der Waals surface area contributed by atoms with E-state index < -0.39 is 6.10 Å². The average molecular weight is 429 g/mol. The van der Waals surface area contributed by atoms with Gasteiger partial charge in [-0.2, -0.15) is 5.26 Å². The molecule has 4 heteroatoms. The number of nitrogens with one attached hydrogen (secondary N) is 1. The minimum absolute atomic E-state index is 0.0523. The number of hydrogen-bond acceptors (Lipinski definition) is 4. The normalized spacial score (nSPS) is 15.9. The Morgan fingerprint density at radius 3 is 2.59 bits per heavy atom. The highest BCUT2D eigenvalue weighted by Gasteiger charge is 2.33. The third kappa shape index (κ3) is 5.95. The van der Waals surface area contributed by atoms with Crippen molar-refractivity contribution in [2.24, 2.45) is 5.92 Å². The lowest BCUT2D eigenvalue weighted by atomic mass is 9.93. The van der Waals surface area contributed by atoms with Crippen LogP contribution in [0.25, 0.3) is 10.8 Å². The van der Waals surface area contributed by atoms with Crippen molar-refractivity contribution in [3.05, 3.63) is 83.4 Å². The maximum Gasteiger partial charge on any atom is 0.0991 e. The van der Waals surface area contributed by atoms with Crippen LogP contribution in [0.2, 0.25) is 0 Å². The van der Waals surface area contributed by atoms with Gasteiger partial charge < -0.3 is 15.2 Å². The summed E-state index contributed by atoms with van der Waals surface area (Å²) >= 11 is 0. The molecule has 166 valence electrons. The molecule has 0 aliphatic heterocycles. The van der Waals surface area contributed by atoms with Crippen molar-refractivity contribution in [1.82, 2.24) is 5.32 Å². The second kappa shape index (κ2) is 9.83. The summed E-state index contributed by atoms with van der Waals surface area (Å²) in [6, 6.07) is 24.8. The lowest BCUT2D eigenvalue weighted by Gasteiger charge is -2.29. The van der Waals surface area contributed by atoms with Gasteiger partial charge in [-0.15, -0.1) is 0 Å². The highest BCUT2D eigenvalue weighted by molar-refractivity contribution is 5.83. The summed E-state index contributed by atoms with van der Waals surface area (Å²) in [7, 11) is 0. The van der Waals surface area contributed by atoms with Gasteiger partial charge in [0.05, 0.1) is 30.4 Å². The fraction of sp³-hybridized carbons (Fsp3) is 0.393. The van der Waals surface area contributed by atoms with Gasteiger partial charge in [0.1, 0.15) is 0 Å². The maximum atomic E-state index is 10.6. The first kappa shape index (κ1) is 22.5. The number of nitriles is 1. The first-order valence-corrected chi connectivity index (χ1v) is 11.5. The molecule has 2 atom stereocenters. The van der Waals surface area contributed by atoms with Crippen LogP contribution in [0.15, 0.2) is 66.7 Å². The molecule has 0 aromatic heterocycles. The van der Waals surface area contributed by atoms with Crippen molar-refractivity contribution in [2.45, 2.75) is 50.9 Å². The van der Waals surface area contributed by atoms with Crippen LogP contribution in [0, 0.1) is 17.2 Å². The van der Waals surface area contributed by atoms with Crippen LogP contribution in [-0.2, 0) is 11.2 Å². The van der Waals surface area contributed by atoms with Gasteiger partial charge >= 0.3 is 0 Å². The number of aliphatic hydroxyl groups excluding tert-OH is 1. The molecule has 1 unspecified atom stereocenters. The number of hydrogen-bond donors (Lipinski definition) is 2. The van der Waals surface area contributed by atoms with Gasteiger partial charge in [0.15, 0.2) is 0 Å². The maximum absolute atomic E-state index is 10.6. The van der Waals surface area contributed by atoms with E-state index in [2.05, 4.69) is 67.7 Å². The van der Waals surface area contributed by atoms with Gasteiger partial charge in [-0.3, -0.25) is 0 Å². The smallest absolute Gasteiger partial charge is 0.0991 e. The Morgan fingerprint density at radius 2 is 1.84 bits per heavy atom. The number of rotatable bonds is 10. The van der Waals surface area contributed by atoms with E-state index in [1.807, 2.05) is 24.3 Å². The van der Waals surface area contributed by atoms with E-state index in [0.717, 1.165) is 24.8 Å². The summed E-state index contributed by atoms with van der Waals surface area (Å²) < 4.78 is 6.15. The average Bonchev–Trinajstić information content (AvgIpc) is 3.63. The Bertz CT molecular complexity index is 1100. The van der Waals surface area contributed by atoms with E-state index >= 15 is 0 Å². The number of aliphatic hydroxyl groups is 1. The molecule has 3 aromatic carbocycles. The third-order valence-electron chi connectivity index (χ3n) is 6.14. The van der Waals surface area contributed by atoms with Crippen molar-refractivity contribution < 1.29 is 9.84 Å². The second-order valence-corrected chi connectivity index (χ2v) is 9.61. The van der Waals surface area contributed by atoms with E-state index in [1.165, 1.54) is 16.3 Å². The van der Waals surface area contributed by atoms with Crippen molar-refractivity contribution in [1.29, 1.82) is 5.26 Å². The first-order chi connectivity index (χ1) is 15.4. The molecule has 2 N–H and O–H groups in total. The summed E-state index contributed by atoms with van der Waals surface area (Å²) in [5.74, 6) is 0.480. The van der Waals surface area contributed by atoms with Gasteiger partial charge in [0.25, 0.3) is 0 Å². The van der Waals surface area contributed by atoms with Crippen molar-refractivity contribution in [3.63, 3.8) is 0 Å². The Labute approximate surface area is 190 Å². The molecule has 0 spiro atoms. The van der Waals surface area contributed by atoms with Crippen molar-refractivity contribution >= 4 is 10.8 Å². The molecule has 0 bridgehead atoms. The molecule has 4 rings (SSSR count). The van der Waals surface area contributed by atoms with E-state index in [-0.39, 0.29) is 18.2 Å². The van der Waals surface area contributed by atoms with Gasteiger partial charge in [-0.1, -0.05) is 54.6 Å². The molecule has 0 amide bonds. The minimum atomic E-state index is -0.591. The van der Waals surface area contributed by atoms with Gasteiger partial charge in [-0.05, 0) is 73.1 Å². The largest absolute Gasteiger partial charge is 0.389 e. The molecule has 1 fully saturated rings. The zero-order chi connectivity index (χ0) is 22.6. The molecule has 3 aromatic rings. The fourth-order valence-electron chi connectivity index (χ4n) is 4.28. The molecule has 0 saturated heterocycles. The summed E-state index contributed by atoms with van der Waals surface area (Å²) in [4.78, 5) is 0. The van der Waals surface area contributed by atoms with Gasteiger partial charge in [0.2, 0.25) is 0 Å². The quantitative estimate of drug-likeness (QED) is 0.469. The van der Waals surface area contributed by atoms with Crippen LogP contribution in [0.5, 0.6) is 0 Å². The van der Waals surface area contributed by atoms with Crippen LogP contribution in [0.4, 0.5) is 0 Å². The molecule has 1 aliphatic carbocycles. The predicted molar refractivity (Wildman–Crippen MR) is 128 cm³/mol. The summed E-state index contributed by atoms with van der Waals surface area (Å²) in [5.41, 5.74) is 2.80. The summed E-state index contributed by atoms with van der Waals surface area (Å²) in [5, 5.41) is 25.8. The molecule has 0 heterocycles. The Morgan fingerprint density at radius 1 is 1.06 bits per heavy atom.